The molecule has 1 unspecified atom stereocenters. The second-order valence-corrected chi connectivity index (χ2v) is 7.77. The monoisotopic (exact) mass is 367 g/mol. The van der Waals surface area contributed by atoms with E-state index in [1.807, 2.05) is 25.1 Å². The number of morpholine rings is 1. The van der Waals surface area contributed by atoms with E-state index in [-0.39, 0.29) is 18.0 Å². The molecule has 3 atom stereocenters. The topological polar surface area (TPSA) is 38.8 Å². The highest BCUT2D eigenvalue weighted by atomic mass is 16.5. The zero-order chi connectivity index (χ0) is 18.6. The molecule has 27 heavy (non-hydrogen) atoms. The van der Waals surface area contributed by atoms with Crippen LogP contribution in [-0.2, 0) is 14.3 Å². The lowest BCUT2D eigenvalue weighted by Gasteiger charge is -2.41. The molecule has 4 rings (SSSR count). The van der Waals surface area contributed by atoms with Crippen molar-refractivity contribution in [2.24, 2.45) is 0 Å². The summed E-state index contributed by atoms with van der Waals surface area (Å²) in [6.07, 6.45) is 4.44. The normalized spacial score (nSPS) is 25.2. The van der Waals surface area contributed by atoms with E-state index in [1.165, 1.54) is 11.8 Å². The molecule has 1 heterocycles. The number of esters is 1. The van der Waals surface area contributed by atoms with Crippen molar-refractivity contribution < 1.29 is 14.3 Å². The molecule has 0 spiro atoms. The van der Waals surface area contributed by atoms with Gasteiger partial charge in [0.25, 0.3) is 0 Å². The fraction of sp³-hybridized carbons (Fsp3) is 0.522. The van der Waals surface area contributed by atoms with Crippen molar-refractivity contribution in [1.29, 1.82) is 0 Å². The van der Waals surface area contributed by atoms with Crippen LogP contribution >= 0.6 is 0 Å². The predicted octanol–water partition coefficient (Wildman–Crippen LogP) is 4.13. The molecular formula is C23H29NO3. The Balaban J connectivity index is 1.49. The molecule has 0 N–H and O–H groups in total. The van der Waals surface area contributed by atoms with E-state index < -0.39 is 0 Å². The van der Waals surface area contributed by atoms with E-state index in [1.54, 1.807) is 0 Å². The summed E-state index contributed by atoms with van der Waals surface area (Å²) in [5, 5.41) is 2.30. The molecule has 1 aliphatic carbocycles. The molecule has 0 amide bonds. The van der Waals surface area contributed by atoms with Gasteiger partial charge in [-0.1, -0.05) is 48.9 Å². The van der Waals surface area contributed by atoms with Gasteiger partial charge in [0, 0.05) is 19.1 Å². The number of ether oxygens (including phenoxy) is 2. The summed E-state index contributed by atoms with van der Waals surface area (Å²) < 4.78 is 11.6. The Labute approximate surface area is 161 Å². The lowest BCUT2D eigenvalue weighted by atomic mass is 9.90. The fourth-order valence-corrected chi connectivity index (χ4v) is 4.55. The molecule has 4 heteroatoms. The highest BCUT2D eigenvalue weighted by molar-refractivity contribution is 5.91. The minimum Gasteiger partial charge on any atom is -0.460 e. The second-order valence-electron chi connectivity index (χ2n) is 7.77. The van der Waals surface area contributed by atoms with Gasteiger partial charge in [0.2, 0.25) is 0 Å². The lowest BCUT2D eigenvalue weighted by Crippen LogP contribution is -2.51. The molecule has 1 saturated carbocycles. The SMILES string of the molecule is CC(C(=O)O[C@H]1CCCC[C@@H]1N1CCOCC1)c1cccc2ccccc12. The number of rotatable bonds is 4. The number of nitrogens with zero attached hydrogens (tertiary/aromatic N) is 1. The van der Waals surface area contributed by atoms with Crippen molar-refractivity contribution >= 4 is 16.7 Å². The van der Waals surface area contributed by atoms with E-state index in [0.29, 0.717) is 6.04 Å². The molecule has 144 valence electrons. The van der Waals surface area contributed by atoms with E-state index >= 15 is 0 Å². The van der Waals surface area contributed by atoms with E-state index in [0.717, 1.165) is 56.5 Å². The predicted molar refractivity (Wildman–Crippen MR) is 107 cm³/mol. The maximum Gasteiger partial charge on any atom is 0.313 e. The van der Waals surface area contributed by atoms with Crippen LogP contribution in [0.2, 0.25) is 0 Å². The number of hydrogen-bond acceptors (Lipinski definition) is 4. The smallest absolute Gasteiger partial charge is 0.313 e. The zero-order valence-corrected chi connectivity index (χ0v) is 16.1. The minimum absolute atomic E-state index is 0.00164. The van der Waals surface area contributed by atoms with Crippen molar-refractivity contribution in [2.45, 2.75) is 50.7 Å². The number of benzene rings is 2. The van der Waals surface area contributed by atoms with Gasteiger partial charge < -0.3 is 9.47 Å². The van der Waals surface area contributed by atoms with Crippen molar-refractivity contribution in [3.05, 3.63) is 48.0 Å². The molecule has 2 fully saturated rings. The van der Waals surface area contributed by atoms with Gasteiger partial charge in [0.15, 0.2) is 0 Å². The third kappa shape index (κ3) is 4.02. The zero-order valence-electron chi connectivity index (χ0n) is 16.1. The Morgan fingerprint density at radius 3 is 2.67 bits per heavy atom. The maximum atomic E-state index is 13.0. The first kappa shape index (κ1) is 18.5. The van der Waals surface area contributed by atoms with Gasteiger partial charge in [-0.15, -0.1) is 0 Å². The van der Waals surface area contributed by atoms with Crippen LogP contribution in [0, 0.1) is 0 Å². The van der Waals surface area contributed by atoms with Gasteiger partial charge >= 0.3 is 5.97 Å². The Hall–Kier alpha value is -1.91. The van der Waals surface area contributed by atoms with Gasteiger partial charge in [0.05, 0.1) is 19.1 Å². The van der Waals surface area contributed by atoms with E-state index in [9.17, 15) is 4.79 Å². The summed E-state index contributed by atoms with van der Waals surface area (Å²) in [5.74, 6) is -0.361. The third-order valence-electron chi connectivity index (χ3n) is 6.09. The van der Waals surface area contributed by atoms with Crippen LogP contribution in [0.5, 0.6) is 0 Å². The second kappa shape index (κ2) is 8.41. The molecular weight excluding hydrogens is 338 g/mol. The number of fused-ring (bicyclic) bond motifs is 1. The highest BCUT2D eigenvalue weighted by Gasteiger charge is 2.34. The van der Waals surface area contributed by atoms with E-state index in [4.69, 9.17) is 9.47 Å². The summed E-state index contributed by atoms with van der Waals surface area (Å²) >= 11 is 0. The van der Waals surface area contributed by atoms with Gasteiger partial charge in [-0.05, 0) is 42.5 Å². The molecule has 1 aliphatic heterocycles. The summed E-state index contributed by atoms with van der Waals surface area (Å²) in [4.78, 5) is 15.5. The lowest BCUT2D eigenvalue weighted by molar-refractivity contribution is -0.157. The van der Waals surface area contributed by atoms with Gasteiger partial charge in [-0.3, -0.25) is 9.69 Å². The summed E-state index contributed by atoms with van der Waals surface area (Å²) in [6, 6.07) is 14.7. The van der Waals surface area contributed by atoms with Gasteiger partial charge in [-0.2, -0.15) is 0 Å². The van der Waals surface area contributed by atoms with Crippen LogP contribution in [0.25, 0.3) is 10.8 Å². The summed E-state index contributed by atoms with van der Waals surface area (Å²) in [5.41, 5.74) is 1.05. The van der Waals surface area contributed by atoms with Crippen molar-refractivity contribution in [1.82, 2.24) is 4.90 Å². The van der Waals surface area contributed by atoms with Crippen molar-refractivity contribution in [2.75, 3.05) is 26.3 Å². The first-order chi connectivity index (χ1) is 13.2. The molecule has 2 aromatic carbocycles. The Kier molecular flexibility index (Phi) is 5.74. The number of carbonyl (C=O) groups is 1. The van der Waals surface area contributed by atoms with Crippen LogP contribution in [-0.4, -0.2) is 49.3 Å². The summed E-state index contributed by atoms with van der Waals surface area (Å²) in [7, 11) is 0. The number of carbonyl (C=O) groups excluding carboxylic acids is 1. The Morgan fingerprint density at radius 2 is 1.81 bits per heavy atom. The van der Waals surface area contributed by atoms with Crippen LogP contribution in [0.15, 0.2) is 42.5 Å². The average Bonchev–Trinajstić information content (AvgIpc) is 2.74. The van der Waals surface area contributed by atoms with Crippen LogP contribution in [0.3, 0.4) is 0 Å². The molecule has 0 aromatic heterocycles. The molecule has 0 bridgehead atoms. The Morgan fingerprint density at radius 1 is 1.07 bits per heavy atom. The largest absolute Gasteiger partial charge is 0.460 e. The van der Waals surface area contributed by atoms with Crippen LogP contribution < -0.4 is 0 Å². The molecule has 1 saturated heterocycles. The van der Waals surface area contributed by atoms with Gasteiger partial charge in [0.1, 0.15) is 6.10 Å². The standard InChI is InChI=1S/C23H29NO3/c1-17(19-10-6-8-18-7-2-3-9-20(18)19)23(25)27-22-12-5-4-11-21(22)24-13-15-26-16-14-24/h2-3,6-10,17,21-22H,4-5,11-16H2,1H3/t17?,21-,22-/m0/s1. The minimum atomic E-state index is -0.261. The molecule has 2 aliphatic rings. The maximum absolute atomic E-state index is 13.0. The summed E-state index contributed by atoms with van der Waals surface area (Å²) in [6.45, 7) is 5.42. The molecule has 4 nitrogen and oxygen atoms in total. The highest BCUT2D eigenvalue weighted by Crippen LogP contribution is 2.30. The quantitative estimate of drug-likeness (QED) is 0.762. The first-order valence-electron chi connectivity index (χ1n) is 10.2. The van der Waals surface area contributed by atoms with Crippen LogP contribution in [0.1, 0.15) is 44.1 Å². The first-order valence-corrected chi connectivity index (χ1v) is 10.2. The molecule has 2 aromatic rings. The van der Waals surface area contributed by atoms with Crippen LogP contribution in [0.4, 0.5) is 0 Å². The Bertz CT molecular complexity index is 779. The fourth-order valence-electron chi connectivity index (χ4n) is 4.55. The van der Waals surface area contributed by atoms with E-state index in [2.05, 4.69) is 29.2 Å². The van der Waals surface area contributed by atoms with Crippen molar-refractivity contribution in [3.8, 4) is 0 Å². The average molecular weight is 367 g/mol. The number of hydrogen-bond donors (Lipinski definition) is 0. The third-order valence-corrected chi connectivity index (χ3v) is 6.09. The molecule has 0 radical (unpaired) electrons. The van der Waals surface area contributed by atoms with Crippen molar-refractivity contribution in [3.63, 3.8) is 0 Å². The van der Waals surface area contributed by atoms with Gasteiger partial charge in [-0.25, -0.2) is 0 Å².